The van der Waals surface area contributed by atoms with Crippen LogP contribution in [0.15, 0.2) is 47.5 Å². The third kappa shape index (κ3) is 6.75. The van der Waals surface area contributed by atoms with Crippen LogP contribution in [0.4, 0.5) is 11.4 Å². The van der Waals surface area contributed by atoms with Crippen molar-refractivity contribution >= 4 is 47.7 Å². The second-order valence-corrected chi connectivity index (χ2v) is 11.2. The largest absolute Gasteiger partial charge is 0.462 e. The summed E-state index contributed by atoms with van der Waals surface area (Å²) in [7, 11) is 0. The smallest absolute Gasteiger partial charge is 0.329 e. The van der Waals surface area contributed by atoms with Gasteiger partial charge in [-0.1, -0.05) is 24.6 Å². The van der Waals surface area contributed by atoms with Crippen molar-refractivity contribution < 1.29 is 28.7 Å². The van der Waals surface area contributed by atoms with Gasteiger partial charge in [0, 0.05) is 25.1 Å². The highest BCUT2D eigenvalue weighted by molar-refractivity contribution is 6.13. The Bertz CT molecular complexity index is 1420. The fraction of sp³-hybridized carbons (Fsp3) is 0.419. The van der Waals surface area contributed by atoms with E-state index in [0.717, 1.165) is 31.2 Å². The van der Waals surface area contributed by atoms with Crippen LogP contribution >= 0.6 is 0 Å². The van der Waals surface area contributed by atoms with E-state index < -0.39 is 23.2 Å². The molecule has 4 rings (SSSR count). The molecule has 2 aromatic rings. The highest BCUT2D eigenvalue weighted by Crippen LogP contribution is 2.44. The molecule has 2 amide bonds. The second kappa shape index (κ2) is 13.2. The predicted molar refractivity (Wildman–Crippen MR) is 161 cm³/mol. The second-order valence-electron chi connectivity index (χ2n) is 11.2. The van der Waals surface area contributed by atoms with Crippen LogP contribution in [0, 0.1) is 0 Å². The number of benzene rings is 2. The molecule has 0 aromatic heterocycles. The molecule has 2 heterocycles. The Morgan fingerprint density at radius 3 is 2.44 bits per heavy atom. The number of unbranched alkanes of at least 4 members (excludes halogenated alkanes) is 2. The van der Waals surface area contributed by atoms with E-state index in [4.69, 9.17) is 16.2 Å². The standard InChI is InChI=1S/C31H38N6O6/c1-20(2)43-28(42)31(30(19-39,36-31)13-15-38)17-22-7-10-23(11-8-22)37-25-12-9-21(6-4-3-5-14-34-29(32)33)16-24(25)27(41)35-18-26(37)40/h7-12,15-16,19-20,36H,3-6,13-14,17-18H2,1-2H3,(H,35,41)(H4,32,33,34)/t30?,31-/m0/s1. The Balaban J connectivity index is 1.54. The van der Waals surface area contributed by atoms with Crippen LogP contribution in [0.1, 0.15) is 61.0 Å². The lowest BCUT2D eigenvalue weighted by molar-refractivity contribution is -0.151. The first-order valence-electron chi connectivity index (χ1n) is 14.3. The van der Waals surface area contributed by atoms with Gasteiger partial charge in [-0.15, -0.1) is 0 Å². The van der Waals surface area contributed by atoms with E-state index in [1.54, 1.807) is 44.2 Å². The minimum atomic E-state index is -1.37. The van der Waals surface area contributed by atoms with E-state index in [1.165, 1.54) is 4.90 Å². The number of aryl methyl sites for hydroxylation is 1. The van der Waals surface area contributed by atoms with E-state index >= 15 is 0 Å². The number of anilines is 2. The van der Waals surface area contributed by atoms with Crippen LogP contribution in [0.25, 0.3) is 0 Å². The molecule has 0 bridgehead atoms. The number of esters is 1. The lowest BCUT2D eigenvalue weighted by Crippen LogP contribution is -2.40. The van der Waals surface area contributed by atoms with Gasteiger partial charge >= 0.3 is 5.97 Å². The summed E-state index contributed by atoms with van der Waals surface area (Å²) in [5.74, 6) is -1.16. The minimum absolute atomic E-state index is 0.0789. The van der Waals surface area contributed by atoms with Crippen molar-refractivity contribution in [2.45, 2.75) is 69.6 Å². The van der Waals surface area contributed by atoms with Gasteiger partial charge in [0.2, 0.25) is 0 Å². The summed E-state index contributed by atoms with van der Waals surface area (Å²) in [6, 6.07) is 12.5. The molecule has 1 fully saturated rings. The lowest BCUT2D eigenvalue weighted by atomic mass is 9.85. The van der Waals surface area contributed by atoms with Gasteiger partial charge in [0.25, 0.3) is 11.8 Å². The molecule has 2 aliphatic rings. The molecule has 43 heavy (non-hydrogen) atoms. The zero-order valence-electron chi connectivity index (χ0n) is 24.4. The monoisotopic (exact) mass is 590 g/mol. The Morgan fingerprint density at radius 2 is 1.79 bits per heavy atom. The number of amides is 2. The van der Waals surface area contributed by atoms with Crippen molar-refractivity contribution in [1.82, 2.24) is 10.6 Å². The summed E-state index contributed by atoms with van der Waals surface area (Å²) in [4.78, 5) is 67.9. The molecule has 12 nitrogen and oxygen atoms in total. The van der Waals surface area contributed by atoms with Gasteiger partial charge in [-0.2, -0.15) is 0 Å². The number of ether oxygens (including phenoxy) is 1. The Morgan fingerprint density at radius 1 is 1.07 bits per heavy atom. The summed E-state index contributed by atoms with van der Waals surface area (Å²) in [6.07, 6.45) is 4.15. The van der Waals surface area contributed by atoms with Gasteiger partial charge < -0.3 is 31.1 Å². The van der Waals surface area contributed by atoms with Gasteiger partial charge in [0.1, 0.15) is 23.7 Å². The molecule has 1 saturated heterocycles. The average molecular weight is 591 g/mol. The number of fused-ring (bicyclic) bond motifs is 1. The zero-order chi connectivity index (χ0) is 31.2. The van der Waals surface area contributed by atoms with E-state index in [1.807, 2.05) is 12.1 Å². The Labute approximate surface area is 250 Å². The molecular weight excluding hydrogens is 552 g/mol. The van der Waals surface area contributed by atoms with Crippen LogP contribution in [-0.4, -0.2) is 66.6 Å². The maximum absolute atomic E-state index is 13.2. The van der Waals surface area contributed by atoms with Crippen molar-refractivity contribution in [3.8, 4) is 0 Å². The van der Waals surface area contributed by atoms with Crippen molar-refractivity contribution in [1.29, 1.82) is 0 Å². The maximum Gasteiger partial charge on any atom is 0.329 e. The number of hydrogen-bond donors (Lipinski definition) is 4. The zero-order valence-corrected chi connectivity index (χ0v) is 24.4. The molecule has 1 unspecified atom stereocenters. The molecule has 228 valence electrons. The van der Waals surface area contributed by atoms with Crippen LogP contribution in [0.2, 0.25) is 0 Å². The summed E-state index contributed by atoms with van der Waals surface area (Å²) in [5, 5.41) is 5.63. The van der Waals surface area contributed by atoms with Gasteiger partial charge in [0.05, 0.1) is 23.9 Å². The number of guanidine groups is 1. The number of nitrogens with two attached hydrogens (primary N) is 2. The topological polar surface area (TPSA) is 196 Å². The molecule has 2 aromatic carbocycles. The van der Waals surface area contributed by atoms with Crippen molar-refractivity contribution in [2.24, 2.45) is 16.5 Å². The van der Waals surface area contributed by atoms with E-state index in [-0.39, 0.29) is 37.2 Å². The molecule has 0 aliphatic carbocycles. The minimum Gasteiger partial charge on any atom is -0.462 e. The average Bonchev–Trinajstić information content (AvgIpc) is 3.64. The number of aliphatic imine (C=N–C) groups is 1. The number of aldehydes is 2. The number of rotatable bonds is 14. The number of carbonyl (C=O) groups excluding carboxylic acids is 5. The third-order valence-electron chi connectivity index (χ3n) is 7.71. The number of hydrogen-bond acceptors (Lipinski definition) is 8. The molecule has 0 saturated carbocycles. The normalized spacial score (nSPS) is 21.0. The van der Waals surface area contributed by atoms with Gasteiger partial charge in [-0.25, -0.2) is 4.79 Å². The number of carbonyl (C=O) groups is 5. The Kier molecular flexibility index (Phi) is 9.59. The summed E-state index contributed by atoms with van der Waals surface area (Å²) < 4.78 is 5.43. The summed E-state index contributed by atoms with van der Waals surface area (Å²) in [6.45, 7) is 3.82. The predicted octanol–water partition coefficient (Wildman–Crippen LogP) is 1.44. The van der Waals surface area contributed by atoms with Gasteiger partial charge in [-0.05, 0) is 68.5 Å². The molecule has 0 radical (unpaired) electrons. The highest BCUT2D eigenvalue weighted by atomic mass is 16.5. The summed E-state index contributed by atoms with van der Waals surface area (Å²) in [5.41, 5.74) is 11.1. The molecule has 2 aliphatic heterocycles. The highest BCUT2D eigenvalue weighted by Gasteiger charge is 2.72. The van der Waals surface area contributed by atoms with Crippen molar-refractivity contribution in [2.75, 3.05) is 18.0 Å². The first-order valence-corrected chi connectivity index (χ1v) is 14.3. The van der Waals surface area contributed by atoms with Gasteiger partial charge in [-0.3, -0.25) is 24.8 Å². The first kappa shape index (κ1) is 31.4. The van der Waals surface area contributed by atoms with Crippen LogP contribution in [0.5, 0.6) is 0 Å². The van der Waals surface area contributed by atoms with Crippen LogP contribution in [0.3, 0.4) is 0 Å². The molecule has 6 N–H and O–H groups in total. The van der Waals surface area contributed by atoms with Gasteiger partial charge in [0.15, 0.2) is 5.96 Å². The van der Waals surface area contributed by atoms with Crippen molar-refractivity contribution in [3.63, 3.8) is 0 Å². The lowest BCUT2D eigenvalue weighted by Gasteiger charge is -2.23. The summed E-state index contributed by atoms with van der Waals surface area (Å²) >= 11 is 0. The first-order chi connectivity index (χ1) is 20.6. The molecule has 0 spiro atoms. The fourth-order valence-corrected chi connectivity index (χ4v) is 5.46. The third-order valence-corrected chi connectivity index (χ3v) is 7.71. The molecule has 12 heteroatoms. The number of nitrogens with zero attached hydrogens (tertiary/aromatic N) is 2. The quantitative estimate of drug-likeness (QED) is 0.0628. The van der Waals surface area contributed by atoms with E-state index in [9.17, 15) is 24.0 Å². The van der Waals surface area contributed by atoms with E-state index in [0.29, 0.717) is 41.6 Å². The van der Waals surface area contributed by atoms with Crippen LogP contribution < -0.4 is 27.0 Å². The number of nitrogens with one attached hydrogen (secondary N) is 2. The molecule has 2 atom stereocenters. The maximum atomic E-state index is 13.2. The van der Waals surface area contributed by atoms with Crippen LogP contribution in [-0.2, 0) is 36.8 Å². The Hall–Kier alpha value is -4.58. The fourth-order valence-electron chi connectivity index (χ4n) is 5.46. The SMILES string of the molecule is CC(C)OC(=O)[C@]1(Cc2ccc(N3C(=O)CNC(=O)c4cc(CCCCCN=C(N)N)ccc43)cc2)NC1(C=O)CC=O. The molecular formula is C31H38N6O6. The van der Waals surface area contributed by atoms with Crippen molar-refractivity contribution in [3.05, 3.63) is 59.2 Å². The van der Waals surface area contributed by atoms with E-state index in [2.05, 4.69) is 15.6 Å².